The van der Waals surface area contributed by atoms with Gasteiger partial charge >= 0.3 is 0 Å². The lowest BCUT2D eigenvalue weighted by atomic mass is 10.3. The van der Waals surface area contributed by atoms with E-state index in [-0.39, 0.29) is 5.91 Å². The Morgan fingerprint density at radius 1 is 1.41 bits per heavy atom. The molecule has 100 valence electrons. The second kappa shape index (κ2) is 7.00. The maximum Gasteiger partial charge on any atom is 0.262 e. The highest BCUT2D eigenvalue weighted by molar-refractivity contribution is 6.68. The van der Waals surface area contributed by atoms with Crippen LogP contribution in [0.4, 0.5) is 0 Å². The number of rotatable bonds is 4. The Bertz CT molecular complexity index is 252. The van der Waals surface area contributed by atoms with Crippen molar-refractivity contribution < 1.29 is 14.4 Å². The van der Waals surface area contributed by atoms with Gasteiger partial charge in [0.05, 0.1) is 13.2 Å². The van der Waals surface area contributed by atoms with E-state index in [0.717, 1.165) is 24.4 Å². The molecule has 1 aliphatic heterocycles. The average molecular weight is 305 g/mol. The molecule has 0 spiro atoms. The quantitative estimate of drug-likeness (QED) is 0.744. The first-order valence-corrected chi connectivity index (χ1v) is 6.87. The van der Waals surface area contributed by atoms with Crippen molar-refractivity contribution in [2.75, 3.05) is 26.3 Å². The highest BCUT2D eigenvalue weighted by Crippen LogP contribution is 2.27. The summed E-state index contributed by atoms with van der Waals surface area (Å²) in [6.45, 7) is 4.63. The van der Waals surface area contributed by atoms with Gasteiger partial charge in [-0.05, 0) is 6.42 Å². The first-order chi connectivity index (χ1) is 7.95. The maximum absolute atomic E-state index is 11.6. The van der Waals surface area contributed by atoms with Crippen molar-refractivity contribution in [3.8, 4) is 0 Å². The van der Waals surface area contributed by atoms with Crippen molar-refractivity contribution in [3.63, 3.8) is 0 Å². The molecule has 1 saturated heterocycles. The molecule has 0 radical (unpaired) electrons. The summed E-state index contributed by atoms with van der Waals surface area (Å²) in [7, 11) is 0. The van der Waals surface area contributed by atoms with E-state index < -0.39 is 9.96 Å². The number of alkyl halides is 3. The number of amides is 1. The summed E-state index contributed by atoms with van der Waals surface area (Å²) in [5, 5.41) is 2.80. The molecule has 4 nitrogen and oxygen atoms in total. The van der Waals surface area contributed by atoms with E-state index in [4.69, 9.17) is 39.5 Å². The number of hydrogen-bond donors (Lipinski definition) is 2. The summed E-state index contributed by atoms with van der Waals surface area (Å²) in [6.07, 6.45) is 0.702. The highest BCUT2D eigenvalue weighted by atomic mass is 35.6. The Hall–Kier alpha value is 0.260. The minimum Gasteiger partial charge on any atom is -0.370 e. The molecule has 0 aliphatic carbocycles. The van der Waals surface area contributed by atoms with Crippen molar-refractivity contribution in [2.45, 2.75) is 29.7 Å². The van der Waals surface area contributed by atoms with Gasteiger partial charge in [0.1, 0.15) is 13.1 Å². The number of nitrogens with one attached hydrogen (secondary N) is 2. The summed E-state index contributed by atoms with van der Waals surface area (Å²) in [4.78, 5) is 12.7. The molecule has 1 rings (SSSR count). The molecule has 0 saturated carbocycles. The summed E-state index contributed by atoms with van der Waals surface area (Å²) >= 11 is 17.8. The largest absolute Gasteiger partial charge is 0.370 e. The van der Waals surface area contributed by atoms with Crippen LogP contribution in [0.15, 0.2) is 0 Å². The Balaban J connectivity index is 2.63. The summed E-state index contributed by atoms with van der Waals surface area (Å²) < 4.78 is 3.75. The SMILES string of the molecule is CCCC(=O)N[C@H]([NH+]1CCOCC1)C(Cl)(Cl)Cl. The zero-order chi connectivity index (χ0) is 12.9. The van der Waals surface area contributed by atoms with Crippen LogP contribution < -0.4 is 10.2 Å². The van der Waals surface area contributed by atoms with Crippen LogP contribution in [0.1, 0.15) is 19.8 Å². The van der Waals surface area contributed by atoms with Gasteiger partial charge in [-0.1, -0.05) is 41.7 Å². The first kappa shape index (κ1) is 15.3. The molecule has 0 unspecified atom stereocenters. The Morgan fingerprint density at radius 2 is 2.00 bits per heavy atom. The summed E-state index contributed by atoms with van der Waals surface area (Å²) in [5.74, 6) is -0.0807. The highest BCUT2D eigenvalue weighted by Gasteiger charge is 2.42. The predicted octanol–water partition coefficient (Wildman–Crippen LogP) is 0.514. The van der Waals surface area contributed by atoms with Gasteiger partial charge in [0, 0.05) is 6.42 Å². The van der Waals surface area contributed by atoms with E-state index in [1.807, 2.05) is 6.92 Å². The number of carbonyl (C=O) groups excluding carboxylic acids is 1. The van der Waals surface area contributed by atoms with E-state index in [0.29, 0.717) is 19.6 Å². The second-order valence-corrected chi connectivity index (χ2v) is 6.43. The number of ether oxygens (including phenoxy) is 1. The lowest BCUT2D eigenvalue weighted by Gasteiger charge is -2.35. The molecule has 0 bridgehead atoms. The molecule has 0 aromatic heterocycles. The molecule has 0 aromatic rings. The molecule has 1 atom stereocenters. The molecular formula is C10H18Cl3N2O2+. The van der Waals surface area contributed by atoms with Gasteiger partial charge in [0.2, 0.25) is 12.1 Å². The van der Waals surface area contributed by atoms with E-state index in [9.17, 15) is 4.79 Å². The number of halogens is 3. The summed E-state index contributed by atoms with van der Waals surface area (Å²) in [6, 6.07) is 0. The van der Waals surface area contributed by atoms with Crippen LogP contribution in [0.3, 0.4) is 0 Å². The Morgan fingerprint density at radius 3 is 2.47 bits per heavy atom. The fraction of sp³-hybridized carbons (Fsp3) is 0.900. The number of morpholine rings is 1. The topological polar surface area (TPSA) is 42.8 Å². The predicted molar refractivity (Wildman–Crippen MR) is 68.6 cm³/mol. The minimum atomic E-state index is -1.50. The fourth-order valence-electron chi connectivity index (χ4n) is 1.80. The normalized spacial score (nSPS) is 20.0. The molecule has 2 N–H and O–H groups in total. The molecule has 0 aromatic carbocycles. The molecule has 7 heteroatoms. The van der Waals surface area contributed by atoms with Gasteiger partial charge < -0.3 is 15.0 Å². The van der Waals surface area contributed by atoms with Crippen LogP contribution in [-0.2, 0) is 9.53 Å². The van der Waals surface area contributed by atoms with E-state index in [1.54, 1.807) is 0 Å². The van der Waals surface area contributed by atoms with Crippen molar-refractivity contribution in [1.29, 1.82) is 0 Å². The van der Waals surface area contributed by atoms with Gasteiger partial charge in [0.25, 0.3) is 3.79 Å². The maximum atomic E-state index is 11.6. The zero-order valence-corrected chi connectivity index (χ0v) is 12.0. The van der Waals surface area contributed by atoms with Gasteiger partial charge in [-0.25, -0.2) is 0 Å². The van der Waals surface area contributed by atoms with Crippen LogP contribution >= 0.6 is 34.8 Å². The van der Waals surface area contributed by atoms with Crippen LogP contribution in [0.2, 0.25) is 0 Å². The molecule has 1 fully saturated rings. The van der Waals surface area contributed by atoms with Gasteiger partial charge in [-0.3, -0.25) is 4.79 Å². The van der Waals surface area contributed by atoms with Crippen LogP contribution in [-0.4, -0.2) is 42.2 Å². The Kier molecular flexibility index (Phi) is 6.31. The van der Waals surface area contributed by atoms with Crippen molar-refractivity contribution >= 4 is 40.7 Å². The van der Waals surface area contributed by atoms with Crippen LogP contribution in [0, 0.1) is 0 Å². The number of carbonyl (C=O) groups is 1. The van der Waals surface area contributed by atoms with Crippen molar-refractivity contribution in [1.82, 2.24) is 5.32 Å². The lowest BCUT2D eigenvalue weighted by Crippen LogP contribution is -3.21. The third-order valence-electron chi connectivity index (χ3n) is 2.65. The third-order valence-corrected chi connectivity index (χ3v) is 3.31. The van der Waals surface area contributed by atoms with Crippen LogP contribution in [0.25, 0.3) is 0 Å². The third kappa shape index (κ3) is 5.18. The smallest absolute Gasteiger partial charge is 0.262 e. The van der Waals surface area contributed by atoms with Gasteiger partial charge in [-0.2, -0.15) is 0 Å². The first-order valence-electron chi connectivity index (χ1n) is 5.73. The minimum absolute atomic E-state index is 0.0807. The van der Waals surface area contributed by atoms with E-state index in [2.05, 4.69) is 5.32 Å². The zero-order valence-electron chi connectivity index (χ0n) is 9.77. The standard InChI is InChI=1S/C10H17Cl3N2O2/c1-2-3-8(16)14-9(10(11,12)13)15-4-6-17-7-5-15/h9H,2-7H2,1H3,(H,14,16)/p+1/t9-/m1/s1. The van der Waals surface area contributed by atoms with Crippen LogP contribution in [0.5, 0.6) is 0 Å². The fourth-order valence-corrected chi connectivity index (χ4v) is 2.42. The Labute approximate surface area is 117 Å². The molecule has 1 amide bonds. The second-order valence-electron chi connectivity index (χ2n) is 4.06. The molecule has 1 heterocycles. The van der Waals surface area contributed by atoms with Gasteiger partial charge in [-0.15, -0.1) is 0 Å². The van der Waals surface area contributed by atoms with Crippen molar-refractivity contribution in [3.05, 3.63) is 0 Å². The number of quaternary nitrogens is 1. The number of hydrogen-bond acceptors (Lipinski definition) is 2. The van der Waals surface area contributed by atoms with Gasteiger partial charge in [0.15, 0.2) is 0 Å². The van der Waals surface area contributed by atoms with E-state index in [1.165, 1.54) is 0 Å². The average Bonchev–Trinajstić information content (AvgIpc) is 2.26. The lowest BCUT2D eigenvalue weighted by molar-refractivity contribution is -0.934. The molecule has 17 heavy (non-hydrogen) atoms. The van der Waals surface area contributed by atoms with Crippen molar-refractivity contribution in [2.24, 2.45) is 0 Å². The van der Waals surface area contributed by atoms with E-state index >= 15 is 0 Å². The monoisotopic (exact) mass is 303 g/mol. The molecular weight excluding hydrogens is 286 g/mol. The molecule has 1 aliphatic rings. The summed E-state index contributed by atoms with van der Waals surface area (Å²) in [5.41, 5.74) is 0.